The van der Waals surface area contributed by atoms with E-state index in [4.69, 9.17) is 21.7 Å². The van der Waals surface area contributed by atoms with Crippen LogP contribution >= 0.6 is 11.6 Å². The van der Waals surface area contributed by atoms with Crippen molar-refractivity contribution in [2.24, 2.45) is 5.41 Å². The summed E-state index contributed by atoms with van der Waals surface area (Å²) >= 11 is 6.37. The topological polar surface area (TPSA) is 143 Å². The Morgan fingerprint density at radius 2 is 1.78 bits per heavy atom. The van der Waals surface area contributed by atoms with Crippen LogP contribution in [0.25, 0.3) is 16.9 Å². The van der Waals surface area contributed by atoms with Crippen LogP contribution in [0.2, 0.25) is 5.02 Å². The molecule has 2 aromatic heterocycles. The van der Waals surface area contributed by atoms with Crippen LogP contribution in [0.3, 0.4) is 0 Å². The van der Waals surface area contributed by atoms with Crippen LogP contribution in [0.5, 0.6) is 0 Å². The maximum Gasteiger partial charge on any atom is 0.411 e. The molecule has 0 radical (unpaired) electrons. The van der Waals surface area contributed by atoms with Crippen molar-refractivity contribution in [3.8, 4) is 16.9 Å². The van der Waals surface area contributed by atoms with Crippen LogP contribution < -0.4 is 10.6 Å². The molecule has 2 aromatic carbocycles. The third-order valence-electron chi connectivity index (χ3n) is 8.60. The minimum absolute atomic E-state index is 0.0126. The van der Waals surface area contributed by atoms with Crippen molar-refractivity contribution in [1.82, 2.24) is 40.1 Å². The van der Waals surface area contributed by atoms with Crippen LogP contribution in [0.1, 0.15) is 80.8 Å². The predicted molar refractivity (Wildman–Crippen MR) is 181 cm³/mol. The second kappa shape index (κ2) is 15.8. The lowest BCUT2D eigenvalue weighted by Crippen LogP contribution is -2.50. The highest BCUT2D eigenvalue weighted by Gasteiger charge is 2.64. The van der Waals surface area contributed by atoms with Crippen molar-refractivity contribution in [3.63, 3.8) is 0 Å². The van der Waals surface area contributed by atoms with E-state index in [0.29, 0.717) is 20.7 Å². The third-order valence-corrected chi connectivity index (χ3v) is 8.92. The first-order chi connectivity index (χ1) is 25.7. The number of hydrogen-bond acceptors (Lipinski definition) is 7. The molecule has 12 nitrogen and oxygen atoms in total. The van der Waals surface area contributed by atoms with E-state index in [1.54, 1.807) is 5.32 Å². The smallest absolute Gasteiger partial charge is 0.411 e. The summed E-state index contributed by atoms with van der Waals surface area (Å²) in [5.41, 5.74) is -3.77. The van der Waals surface area contributed by atoms with Crippen LogP contribution in [-0.2, 0) is 4.74 Å². The fourth-order valence-corrected chi connectivity index (χ4v) is 5.61. The number of hydrogen-bond donors (Lipinski definition) is 3. The number of aromatic nitrogens is 5. The van der Waals surface area contributed by atoms with Crippen molar-refractivity contribution in [2.75, 3.05) is 13.2 Å². The molecule has 2 amide bonds. The lowest BCUT2D eigenvalue weighted by Gasteiger charge is -2.33. The average molecular weight is 804 g/mol. The quantitative estimate of drug-likeness (QED) is 0.0744. The SMILES string of the molecule is CC(C)(C)CCNC(=N)N(C(=O)c1ccc(-c2ccn(C(F)F)n2)cc1F)[C@H](COC(=O)NC1(C(F)(F)F)CC1)c1ccc(Cl)c(-n2ncnc2C(F)F)c1. The van der Waals surface area contributed by atoms with Gasteiger partial charge in [0.15, 0.2) is 11.8 Å². The van der Waals surface area contributed by atoms with Crippen LogP contribution in [0.15, 0.2) is 55.0 Å². The molecule has 0 bridgehead atoms. The summed E-state index contributed by atoms with van der Waals surface area (Å²) in [6.45, 7) is 1.87. The van der Waals surface area contributed by atoms with Gasteiger partial charge in [0.1, 0.15) is 24.3 Å². The molecular weight excluding hydrogens is 770 g/mol. The standard InChI is InChI=1S/C34H34ClF8N9O3/c1-32(2,3)11-12-45-30(44)51(28(53)20-6-4-18(14-22(20)36)23-8-13-50(49-23)29(39)40)25(16-55-31(54)48-33(9-10-33)34(41,42)43)19-5-7-21(35)24(15-19)52-27(26(37)38)46-17-47-52/h4-8,13-15,17,25-26,29H,9-12,16H2,1-3H3,(H2,44,45)(H,48,54)/t25-/m1/s1. The van der Waals surface area contributed by atoms with Gasteiger partial charge < -0.3 is 15.4 Å². The molecule has 21 heteroatoms. The average Bonchev–Trinajstić information content (AvgIpc) is 3.47. The van der Waals surface area contributed by atoms with Crippen molar-refractivity contribution in [1.29, 1.82) is 5.41 Å². The summed E-state index contributed by atoms with van der Waals surface area (Å²) in [5, 5.41) is 20.9. The number of ether oxygens (including phenoxy) is 1. The normalized spacial score (nSPS) is 14.5. The van der Waals surface area contributed by atoms with E-state index in [1.165, 1.54) is 24.3 Å². The zero-order valence-corrected chi connectivity index (χ0v) is 30.0. The minimum Gasteiger partial charge on any atom is -0.447 e. The summed E-state index contributed by atoms with van der Waals surface area (Å²) in [7, 11) is 0. The van der Waals surface area contributed by atoms with Crippen LogP contribution in [0, 0.1) is 16.6 Å². The van der Waals surface area contributed by atoms with Gasteiger partial charge in [-0.1, -0.05) is 44.5 Å². The monoisotopic (exact) mass is 803 g/mol. The van der Waals surface area contributed by atoms with Gasteiger partial charge in [0.25, 0.3) is 12.3 Å². The molecule has 0 unspecified atom stereocenters. The van der Waals surface area contributed by atoms with Crippen molar-refractivity contribution in [3.05, 3.63) is 82.8 Å². The number of alkyl carbamates (subject to hydrolysis) is 1. The number of benzene rings is 2. The largest absolute Gasteiger partial charge is 0.447 e. The predicted octanol–water partition coefficient (Wildman–Crippen LogP) is 8.22. The van der Waals surface area contributed by atoms with Crippen LogP contribution in [-0.4, -0.2) is 72.3 Å². The molecule has 0 spiro atoms. The van der Waals surface area contributed by atoms with E-state index in [0.717, 1.165) is 30.7 Å². The highest BCUT2D eigenvalue weighted by Crippen LogP contribution is 2.49. The van der Waals surface area contributed by atoms with Gasteiger partial charge in [-0.2, -0.15) is 32.1 Å². The molecule has 0 saturated heterocycles. The van der Waals surface area contributed by atoms with Gasteiger partial charge in [0.05, 0.1) is 28.0 Å². The van der Waals surface area contributed by atoms with Crippen LogP contribution in [0.4, 0.5) is 39.9 Å². The number of rotatable bonds is 12. The van der Waals surface area contributed by atoms with Gasteiger partial charge in [-0.15, -0.1) is 0 Å². The number of nitrogens with one attached hydrogen (secondary N) is 3. The molecule has 296 valence electrons. The molecule has 0 aliphatic heterocycles. The van der Waals surface area contributed by atoms with E-state index in [2.05, 4.69) is 20.5 Å². The second-order valence-electron chi connectivity index (χ2n) is 13.8. The first-order valence-corrected chi connectivity index (χ1v) is 16.9. The molecule has 5 rings (SSSR count). The Bertz CT molecular complexity index is 2040. The summed E-state index contributed by atoms with van der Waals surface area (Å²) in [6, 6.07) is 6.26. The summed E-state index contributed by atoms with van der Waals surface area (Å²) < 4.78 is 117. The molecule has 4 aromatic rings. The Morgan fingerprint density at radius 3 is 2.36 bits per heavy atom. The Morgan fingerprint density at radius 1 is 1.07 bits per heavy atom. The number of halogens is 9. The fourth-order valence-electron chi connectivity index (χ4n) is 5.41. The van der Waals surface area contributed by atoms with Crippen molar-refractivity contribution in [2.45, 2.75) is 70.8 Å². The number of nitrogens with zero attached hydrogens (tertiary/aromatic N) is 6. The van der Waals surface area contributed by atoms with Gasteiger partial charge in [0.2, 0.25) is 0 Å². The summed E-state index contributed by atoms with van der Waals surface area (Å²) in [5.74, 6) is -3.88. The lowest BCUT2D eigenvalue weighted by molar-refractivity contribution is -0.164. The Balaban J connectivity index is 1.59. The Kier molecular flexibility index (Phi) is 11.8. The zero-order valence-electron chi connectivity index (χ0n) is 29.3. The summed E-state index contributed by atoms with van der Waals surface area (Å²) in [6.07, 6.45) is -8.03. The van der Waals surface area contributed by atoms with Gasteiger partial charge in [0, 0.05) is 18.3 Å². The van der Waals surface area contributed by atoms with Gasteiger partial charge in [-0.05, 0) is 60.6 Å². The number of alkyl halides is 7. The lowest BCUT2D eigenvalue weighted by atomic mass is 9.92. The van der Waals surface area contributed by atoms with Crippen molar-refractivity contribution >= 4 is 29.6 Å². The molecule has 1 saturated carbocycles. The molecule has 55 heavy (non-hydrogen) atoms. The zero-order chi connectivity index (χ0) is 40.5. The highest BCUT2D eigenvalue weighted by atomic mass is 35.5. The van der Waals surface area contributed by atoms with Gasteiger partial charge >= 0.3 is 18.8 Å². The second-order valence-corrected chi connectivity index (χ2v) is 14.2. The fraction of sp³-hybridized carbons (Fsp3) is 0.412. The Hall–Kier alpha value is -5.27. The number of amides is 2. The molecule has 1 atom stereocenters. The van der Waals surface area contributed by atoms with Gasteiger partial charge in [-0.3, -0.25) is 15.1 Å². The first-order valence-electron chi connectivity index (χ1n) is 16.5. The minimum atomic E-state index is -4.81. The molecule has 1 fully saturated rings. The molecule has 3 N–H and O–H groups in total. The molecule has 2 heterocycles. The first kappa shape index (κ1) is 40.9. The number of carbonyl (C=O) groups is 2. The summed E-state index contributed by atoms with van der Waals surface area (Å²) in [4.78, 5) is 31.5. The number of carbonyl (C=O) groups excluding carboxylic acids is 2. The van der Waals surface area contributed by atoms with Crippen molar-refractivity contribution < 1.29 is 49.4 Å². The van der Waals surface area contributed by atoms with E-state index >= 15 is 4.39 Å². The molecular formula is C34H34ClF8N9O3. The molecule has 1 aliphatic carbocycles. The van der Waals surface area contributed by atoms with E-state index < -0.39 is 85.3 Å². The van der Waals surface area contributed by atoms with E-state index in [9.17, 15) is 40.3 Å². The number of guanidine groups is 1. The van der Waals surface area contributed by atoms with E-state index in [1.807, 2.05) is 20.8 Å². The Labute approximate surface area is 313 Å². The van der Waals surface area contributed by atoms with Gasteiger partial charge in [-0.25, -0.2) is 32.3 Å². The highest BCUT2D eigenvalue weighted by molar-refractivity contribution is 6.32. The maximum absolute atomic E-state index is 15.9. The third kappa shape index (κ3) is 9.34. The molecule has 1 aliphatic rings. The van der Waals surface area contributed by atoms with E-state index in [-0.39, 0.29) is 39.5 Å². The maximum atomic E-state index is 15.9.